The number of sulfonamides is 1. The van der Waals surface area contributed by atoms with Crippen molar-refractivity contribution in [3.05, 3.63) is 29.8 Å². The van der Waals surface area contributed by atoms with Gasteiger partial charge >= 0.3 is 0 Å². The zero-order valence-electron chi connectivity index (χ0n) is 12.8. The van der Waals surface area contributed by atoms with Crippen molar-refractivity contribution in [2.45, 2.75) is 49.6 Å². The Hall–Kier alpha value is -1.44. The first-order chi connectivity index (χ1) is 10.0. The molecule has 0 amide bonds. The second-order valence-electron chi connectivity index (χ2n) is 6.57. The van der Waals surface area contributed by atoms with Crippen LogP contribution in [0, 0.1) is 0 Å². The third-order valence-corrected chi connectivity index (χ3v) is 5.72. The normalized spacial score (nSPS) is 23.6. The molecular formula is C15H20NO5S-. The number of hydrogen-bond donors (Lipinski definition) is 1. The van der Waals surface area contributed by atoms with Gasteiger partial charge in [-0.2, -0.15) is 4.31 Å². The molecule has 0 aromatic heterocycles. The van der Waals surface area contributed by atoms with Crippen LogP contribution in [0.1, 0.15) is 32.8 Å². The third kappa shape index (κ3) is 3.16. The van der Waals surface area contributed by atoms with Gasteiger partial charge < -0.3 is 15.0 Å². The maximum absolute atomic E-state index is 12.6. The minimum atomic E-state index is -3.98. The monoisotopic (exact) mass is 326 g/mol. The molecule has 22 heavy (non-hydrogen) atoms. The molecule has 6 nitrogen and oxygen atoms in total. The fourth-order valence-electron chi connectivity index (χ4n) is 2.53. The van der Waals surface area contributed by atoms with Gasteiger partial charge in [0.05, 0.1) is 23.0 Å². The quantitative estimate of drug-likeness (QED) is 0.833. The molecule has 122 valence electrons. The molecule has 7 heteroatoms. The Morgan fingerprint density at radius 2 is 1.82 bits per heavy atom. The number of aliphatic hydroxyl groups is 1. The first-order valence-electron chi connectivity index (χ1n) is 7.05. The molecule has 1 fully saturated rings. The zero-order chi connectivity index (χ0) is 16.7. The lowest BCUT2D eigenvalue weighted by atomic mass is 9.87. The maximum Gasteiger partial charge on any atom is 0.243 e. The van der Waals surface area contributed by atoms with E-state index in [4.69, 9.17) is 0 Å². The zero-order valence-corrected chi connectivity index (χ0v) is 13.6. The van der Waals surface area contributed by atoms with Crippen molar-refractivity contribution in [2.75, 3.05) is 6.54 Å². The number of aliphatic hydroxyl groups excluding tert-OH is 1. The summed E-state index contributed by atoms with van der Waals surface area (Å²) >= 11 is 0. The molecule has 0 spiro atoms. The number of carboxylic acids is 1. The van der Waals surface area contributed by atoms with Crippen molar-refractivity contribution >= 4 is 16.0 Å². The van der Waals surface area contributed by atoms with Crippen molar-refractivity contribution in [2.24, 2.45) is 0 Å². The summed E-state index contributed by atoms with van der Waals surface area (Å²) in [5.74, 6) is -1.49. The lowest BCUT2D eigenvalue weighted by Gasteiger charge is -2.25. The minimum absolute atomic E-state index is 0.0147. The first kappa shape index (κ1) is 16.9. The average Bonchev–Trinajstić information content (AvgIpc) is 2.81. The topological polar surface area (TPSA) is 97.7 Å². The minimum Gasteiger partial charge on any atom is -0.548 e. The molecule has 1 aliphatic rings. The first-order valence-corrected chi connectivity index (χ1v) is 8.49. The molecule has 2 atom stereocenters. The second-order valence-corrected chi connectivity index (χ2v) is 8.46. The van der Waals surface area contributed by atoms with Gasteiger partial charge in [0.1, 0.15) is 0 Å². The van der Waals surface area contributed by atoms with E-state index in [1.54, 1.807) is 12.1 Å². The summed E-state index contributed by atoms with van der Waals surface area (Å²) in [6, 6.07) is 5.03. The van der Waals surface area contributed by atoms with Crippen LogP contribution in [0.3, 0.4) is 0 Å². The highest BCUT2D eigenvalue weighted by Crippen LogP contribution is 2.28. The van der Waals surface area contributed by atoms with Crippen LogP contribution in [0.5, 0.6) is 0 Å². The average molecular weight is 326 g/mol. The Bertz CT molecular complexity index is 660. The number of nitrogens with zero attached hydrogens (tertiary/aromatic N) is 1. The van der Waals surface area contributed by atoms with Crippen LogP contribution in [0.25, 0.3) is 0 Å². The predicted molar refractivity (Wildman–Crippen MR) is 78.5 cm³/mol. The van der Waals surface area contributed by atoms with Gasteiger partial charge in [0.25, 0.3) is 0 Å². The fourth-order valence-corrected chi connectivity index (χ4v) is 4.15. The second kappa shape index (κ2) is 5.64. The summed E-state index contributed by atoms with van der Waals surface area (Å²) in [6.45, 7) is 5.81. The number of β-amino-alcohol motifs (C(OH)–C–C–N with tert-alkyl or cyclic N) is 1. The van der Waals surface area contributed by atoms with Crippen LogP contribution in [0.2, 0.25) is 0 Å². The molecular weight excluding hydrogens is 306 g/mol. The van der Waals surface area contributed by atoms with Gasteiger partial charge in [-0.1, -0.05) is 32.9 Å². The summed E-state index contributed by atoms with van der Waals surface area (Å²) in [4.78, 5) is 11.1. The number of benzene rings is 1. The van der Waals surface area contributed by atoms with Gasteiger partial charge in [-0.05, 0) is 29.5 Å². The Labute approximate surface area is 130 Å². The SMILES string of the molecule is CC(C)(C)c1ccc(S(=O)(=O)N2C[C@H](O)C[C@H]2C(=O)[O-])cc1. The van der Waals surface area contributed by atoms with E-state index in [2.05, 4.69) is 0 Å². The molecule has 0 unspecified atom stereocenters. The van der Waals surface area contributed by atoms with Crippen LogP contribution >= 0.6 is 0 Å². The molecule has 1 heterocycles. The van der Waals surface area contributed by atoms with Gasteiger partial charge in [-0.3, -0.25) is 0 Å². The predicted octanol–water partition coefficient (Wildman–Crippen LogP) is -0.142. The van der Waals surface area contributed by atoms with Gasteiger partial charge in [-0.15, -0.1) is 0 Å². The van der Waals surface area contributed by atoms with Crippen LogP contribution in [-0.2, 0) is 20.2 Å². The van der Waals surface area contributed by atoms with E-state index in [9.17, 15) is 23.4 Å². The summed E-state index contributed by atoms with van der Waals surface area (Å²) in [6.07, 6.45) is -1.15. The van der Waals surface area contributed by atoms with Crippen LogP contribution in [-0.4, -0.2) is 42.5 Å². The summed E-state index contributed by atoms with van der Waals surface area (Å²) < 4.78 is 26.0. The Balaban J connectivity index is 2.36. The number of carbonyl (C=O) groups is 1. The molecule has 1 aliphatic heterocycles. The van der Waals surface area contributed by atoms with E-state index < -0.39 is 28.1 Å². The lowest BCUT2D eigenvalue weighted by molar-refractivity contribution is -0.309. The van der Waals surface area contributed by atoms with Gasteiger partial charge in [0.2, 0.25) is 10.0 Å². The molecule has 0 radical (unpaired) electrons. The number of carbonyl (C=O) groups excluding carboxylic acids is 1. The molecule has 1 saturated heterocycles. The van der Waals surface area contributed by atoms with Crippen molar-refractivity contribution in [3.63, 3.8) is 0 Å². The lowest BCUT2D eigenvalue weighted by Crippen LogP contribution is -2.46. The van der Waals surface area contributed by atoms with E-state index in [0.29, 0.717) is 0 Å². The fraction of sp³-hybridized carbons (Fsp3) is 0.533. The van der Waals surface area contributed by atoms with Crippen LogP contribution in [0.4, 0.5) is 0 Å². The smallest absolute Gasteiger partial charge is 0.243 e. The third-order valence-electron chi connectivity index (χ3n) is 3.83. The van der Waals surface area contributed by atoms with Crippen LogP contribution in [0.15, 0.2) is 29.2 Å². The molecule has 1 N–H and O–H groups in total. The summed E-state index contributed by atoms with van der Waals surface area (Å²) in [7, 11) is -3.98. The molecule has 1 aromatic rings. The number of hydrogen-bond acceptors (Lipinski definition) is 5. The van der Waals surface area contributed by atoms with Crippen molar-refractivity contribution in [3.8, 4) is 0 Å². The molecule has 2 rings (SSSR count). The molecule has 1 aromatic carbocycles. The summed E-state index contributed by atoms with van der Waals surface area (Å²) in [5, 5.41) is 20.7. The van der Waals surface area contributed by atoms with Crippen molar-refractivity contribution in [1.82, 2.24) is 4.31 Å². The highest BCUT2D eigenvalue weighted by molar-refractivity contribution is 7.89. The van der Waals surface area contributed by atoms with E-state index in [1.807, 2.05) is 20.8 Å². The van der Waals surface area contributed by atoms with Crippen LogP contribution < -0.4 is 5.11 Å². The van der Waals surface area contributed by atoms with E-state index >= 15 is 0 Å². The maximum atomic E-state index is 12.6. The van der Waals surface area contributed by atoms with Gasteiger partial charge in [0.15, 0.2) is 0 Å². The van der Waals surface area contributed by atoms with E-state index in [0.717, 1.165) is 9.87 Å². The number of carboxylic acid groups (broad SMARTS) is 1. The van der Waals surface area contributed by atoms with Gasteiger partial charge in [-0.25, -0.2) is 8.42 Å². The van der Waals surface area contributed by atoms with Crippen molar-refractivity contribution in [1.29, 1.82) is 0 Å². The van der Waals surface area contributed by atoms with E-state index in [-0.39, 0.29) is 23.3 Å². The Morgan fingerprint density at radius 3 is 2.27 bits per heavy atom. The summed E-state index contributed by atoms with van der Waals surface area (Å²) in [5.41, 5.74) is 0.865. The Morgan fingerprint density at radius 1 is 1.27 bits per heavy atom. The molecule has 0 bridgehead atoms. The Kier molecular flexibility index (Phi) is 4.34. The van der Waals surface area contributed by atoms with Crippen molar-refractivity contribution < 1.29 is 23.4 Å². The highest BCUT2D eigenvalue weighted by Gasteiger charge is 2.40. The highest BCUT2D eigenvalue weighted by atomic mass is 32.2. The molecule has 0 saturated carbocycles. The van der Waals surface area contributed by atoms with Gasteiger partial charge in [0, 0.05) is 6.54 Å². The molecule has 0 aliphatic carbocycles. The number of rotatable bonds is 3. The standard InChI is InChI=1S/C15H21NO5S/c1-15(2,3)10-4-6-12(7-5-10)22(20,21)16-9-11(17)8-13(16)14(18)19/h4-7,11,13,17H,8-9H2,1-3H3,(H,18,19)/p-1/t11-,13+/m1/s1. The number of aliphatic carboxylic acids is 1. The van der Waals surface area contributed by atoms with E-state index in [1.165, 1.54) is 12.1 Å². The largest absolute Gasteiger partial charge is 0.548 e.